The highest BCUT2D eigenvalue weighted by atomic mass is 35.5. The number of halogens is 2. The molecule has 2 aromatic rings. The number of amides is 1. The van der Waals surface area contributed by atoms with Crippen molar-refractivity contribution in [3.63, 3.8) is 0 Å². The Kier molecular flexibility index (Phi) is 9.35. The monoisotopic (exact) mass is 530 g/mol. The number of carbonyl (C=O) groups is 1. The van der Waals surface area contributed by atoms with Crippen LogP contribution in [0.5, 0.6) is 5.75 Å². The van der Waals surface area contributed by atoms with Crippen molar-refractivity contribution in [2.45, 2.75) is 30.4 Å². The van der Waals surface area contributed by atoms with Gasteiger partial charge in [0.25, 0.3) is 5.91 Å². The van der Waals surface area contributed by atoms with Gasteiger partial charge in [0.1, 0.15) is 5.75 Å². The number of hydrogen-bond donors (Lipinski definition) is 1. The van der Waals surface area contributed by atoms with Gasteiger partial charge in [-0.2, -0.15) is 11.8 Å². The molecule has 0 bridgehead atoms. The molecule has 0 saturated carbocycles. The van der Waals surface area contributed by atoms with Gasteiger partial charge in [0.05, 0.1) is 27.6 Å². The standard InChI is InChI=1S/C23H28Cl2N2O4S2/c1-16-7-10-27(11-8-16)23(28)19-14-18(4-6-22(19)31-2)33(29,30)26-9-12-32-15-17-3-5-20(24)21(25)13-17/h3-6,13-14,16,26H,7-12,15H2,1-2H3. The molecule has 1 fully saturated rings. The Hall–Kier alpha value is -1.45. The first-order chi connectivity index (χ1) is 15.7. The lowest BCUT2D eigenvalue weighted by molar-refractivity contribution is 0.0693. The number of likely N-dealkylation sites (tertiary alicyclic amines) is 1. The molecule has 1 aliphatic rings. The lowest BCUT2D eigenvalue weighted by Gasteiger charge is -2.30. The second kappa shape index (κ2) is 11.8. The van der Waals surface area contributed by atoms with E-state index in [0.29, 0.717) is 46.3 Å². The van der Waals surface area contributed by atoms with Crippen LogP contribution in [0.2, 0.25) is 10.0 Å². The molecule has 0 atom stereocenters. The predicted octanol–water partition coefficient (Wildman–Crippen LogP) is 5.09. The van der Waals surface area contributed by atoms with E-state index in [0.717, 1.165) is 18.4 Å². The second-order valence-electron chi connectivity index (χ2n) is 8.04. The molecule has 3 rings (SSSR count). The molecular formula is C23H28Cl2N2O4S2. The fourth-order valence-corrected chi connectivity index (χ4v) is 5.87. The summed E-state index contributed by atoms with van der Waals surface area (Å²) < 4.78 is 33.6. The Labute approximate surface area is 210 Å². The van der Waals surface area contributed by atoms with E-state index in [1.54, 1.807) is 28.8 Å². The molecule has 1 aliphatic heterocycles. The van der Waals surface area contributed by atoms with Gasteiger partial charge in [-0.1, -0.05) is 36.2 Å². The Bertz CT molecular complexity index is 1090. The van der Waals surface area contributed by atoms with Gasteiger partial charge in [-0.25, -0.2) is 13.1 Å². The van der Waals surface area contributed by atoms with Crippen molar-refractivity contribution in [2.24, 2.45) is 5.92 Å². The first-order valence-corrected chi connectivity index (χ1v) is 14.1. The zero-order valence-corrected chi connectivity index (χ0v) is 21.8. The molecule has 1 amide bonds. The minimum absolute atomic E-state index is 0.0477. The van der Waals surface area contributed by atoms with E-state index in [4.69, 9.17) is 27.9 Å². The Morgan fingerprint density at radius 2 is 1.88 bits per heavy atom. The van der Waals surface area contributed by atoms with Gasteiger partial charge in [0.15, 0.2) is 0 Å². The van der Waals surface area contributed by atoms with E-state index < -0.39 is 10.0 Å². The van der Waals surface area contributed by atoms with Gasteiger partial charge in [-0.3, -0.25) is 4.79 Å². The maximum absolute atomic E-state index is 13.1. The summed E-state index contributed by atoms with van der Waals surface area (Å²) in [5.74, 6) is 2.02. The Balaban J connectivity index is 1.60. The molecule has 1 N–H and O–H groups in total. The van der Waals surface area contributed by atoms with E-state index in [2.05, 4.69) is 11.6 Å². The third-order valence-corrected chi connectivity index (χ3v) is 8.80. The molecule has 0 radical (unpaired) electrons. The SMILES string of the molecule is COc1ccc(S(=O)(=O)NCCSCc2ccc(Cl)c(Cl)c2)cc1C(=O)N1CCC(C)CC1. The highest BCUT2D eigenvalue weighted by molar-refractivity contribution is 7.98. The quantitative estimate of drug-likeness (QED) is 0.457. The number of benzene rings is 2. The van der Waals surface area contributed by atoms with Gasteiger partial charge >= 0.3 is 0 Å². The smallest absolute Gasteiger partial charge is 0.257 e. The number of ether oxygens (including phenoxy) is 1. The van der Waals surface area contributed by atoms with E-state index in [9.17, 15) is 13.2 Å². The van der Waals surface area contributed by atoms with E-state index >= 15 is 0 Å². The van der Waals surface area contributed by atoms with Crippen LogP contribution < -0.4 is 9.46 Å². The first-order valence-electron chi connectivity index (χ1n) is 10.7. The minimum atomic E-state index is -3.77. The van der Waals surface area contributed by atoms with Crippen LogP contribution >= 0.6 is 35.0 Å². The molecule has 0 unspecified atom stereocenters. The zero-order valence-electron chi connectivity index (χ0n) is 18.6. The number of nitrogens with one attached hydrogen (secondary N) is 1. The lowest BCUT2D eigenvalue weighted by atomic mass is 9.98. The van der Waals surface area contributed by atoms with Gasteiger partial charge in [-0.15, -0.1) is 0 Å². The van der Waals surface area contributed by atoms with Gasteiger partial charge in [0.2, 0.25) is 10.0 Å². The van der Waals surface area contributed by atoms with Crippen LogP contribution in [0.4, 0.5) is 0 Å². The summed E-state index contributed by atoms with van der Waals surface area (Å²) in [5.41, 5.74) is 1.28. The highest BCUT2D eigenvalue weighted by Gasteiger charge is 2.26. The summed E-state index contributed by atoms with van der Waals surface area (Å²) in [6, 6.07) is 9.84. The number of sulfonamides is 1. The summed E-state index contributed by atoms with van der Waals surface area (Å²) in [5, 5.41) is 1.00. The molecule has 2 aromatic carbocycles. The average molecular weight is 532 g/mol. The van der Waals surface area contributed by atoms with Gasteiger partial charge < -0.3 is 9.64 Å². The lowest BCUT2D eigenvalue weighted by Crippen LogP contribution is -2.38. The molecule has 1 heterocycles. The summed E-state index contributed by atoms with van der Waals surface area (Å²) in [6.45, 7) is 3.75. The van der Waals surface area contributed by atoms with Crippen LogP contribution in [-0.4, -0.2) is 51.7 Å². The number of thioether (sulfide) groups is 1. The van der Waals surface area contributed by atoms with E-state index in [1.165, 1.54) is 25.3 Å². The van der Waals surface area contributed by atoms with Crippen molar-refractivity contribution in [1.82, 2.24) is 9.62 Å². The molecule has 10 heteroatoms. The molecule has 0 spiro atoms. The predicted molar refractivity (Wildman–Crippen MR) is 135 cm³/mol. The Morgan fingerprint density at radius 1 is 1.15 bits per heavy atom. The van der Waals surface area contributed by atoms with Crippen molar-refractivity contribution in [3.05, 3.63) is 57.6 Å². The number of hydrogen-bond acceptors (Lipinski definition) is 5. The number of piperidine rings is 1. The van der Waals surface area contributed by atoms with Crippen molar-refractivity contribution >= 4 is 50.9 Å². The normalized spacial score (nSPS) is 15.0. The molecule has 1 saturated heterocycles. The van der Waals surface area contributed by atoms with Crippen LogP contribution in [0.1, 0.15) is 35.7 Å². The number of methoxy groups -OCH3 is 1. The van der Waals surface area contributed by atoms with Crippen molar-refractivity contribution in [1.29, 1.82) is 0 Å². The van der Waals surface area contributed by atoms with E-state index in [-0.39, 0.29) is 22.9 Å². The summed E-state index contributed by atoms with van der Waals surface area (Å²) >= 11 is 13.5. The zero-order chi connectivity index (χ0) is 24.0. The number of carbonyl (C=O) groups excluding carboxylic acids is 1. The van der Waals surface area contributed by atoms with Crippen molar-refractivity contribution < 1.29 is 17.9 Å². The summed E-state index contributed by atoms with van der Waals surface area (Å²) in [7, 11) is -2.29. The van der Waals surface area contributed by atoms with Crippen LogP contribution in [-0.2, 0) is 15.8 Å². The maximum Gasteiger partial charge on any atom is 0.257 e. The van der Waals surface area contributed by atoms with Crippen LogP contribution in [0.15, 0.2) is 41.3 Å². The third-order valence-electron chi connectivity index (χ3n) is 5.57. The fraction of sp³-hybridized carbons (Fsp3) is 0.435. The van der Waals surface area contributed by atoms with Crippen LogP contribution in [0.25, 0.3) is 0 Å². The molecule has 0 aromatic heterocycles. The second-order valence-corrected chi connectivity index (χ2v) is 11.7. The number of rotatable bonds is 9. The fourth-order valence-electron chi connectivity index (χ4n) is 3.55. The first kappa shape index (κ1) is 26.2. The molecular weight excluding hydrogens is 503 g/mol. The largest absolute Gasteiger partial charge is 0.496 e. The van der Waals surface area contributed by atoms with E-state index in [1.807, 2.05) is 6.07 Å². The van der Waals surface area contributed by atoms with Crippen LogP contribution in [0.3, 0.4) is 0 Å². The topological polar surface area (TPSA) is 75.7 Å². The minimum Gasteiger partial charge on any atom is -0.496 e. The molecule has 6 nitrogen and oxygen atoms in total. The highest BCUT2D eigenvalue weighted by Crippen LogP contribution is 2.27. The third kappa shape index (κ3) is 7.02. The van der Waals surface area contributed by atoms with Crippen LogP contribution in [0, 0.1) is 5.92 Å². The van der Waals surface area contributed by atoms with Crippen molar-refractivity contribution in [3.8, 4) is 5.75 Å². The Morgan fingerprint density at radius 3 is 2.55 bits per heavy atom. The maximum atomic E-state index is 13.1. The summed E-state index contributed by atoms with van der Waals surface area (Å²) in [4.78, 5) is 14.9. The van der Waals surface area contributed by atoms with Crippen molar-refractivity contribution in [2.75, 3.05) is 32.5 Å². The number of nitrogens with zero attached hydrogens (tertiary/aromatic N) is 1. The molecule has 180 valence electrons. The van der Waals surface area contributed by atoms with Gasteiger partial charge in [0, 0.05) is 31.1 Å². The van der Waals surface area contributed by atoms with Gasteiger partial charge in [-0.05, 0) is 54.7 Å². The molecule has 33 heavy (non-hydrogen) atoms. The average Bonchev–Trinajstić information content (AvgIpc) is 2.80. The molecule has 0 aliphatic carbocycles. The summed E-state index contributed by atoms with van der Waals surface area (Å²) in [6.07, 6.45) is 1.88.